The summed E-state index contributed by atoms with van der Waals surface area (Å²) >= 11 is 0. The molecule has 0 aliphatic carbocycles. The van der Waals surface area contributed by atoms with Gasteiger partial charge in [0, 0.05) is 17.7 Å². The smallest absolute Gasteiger partial charge is 0.305 e. The zero-order valence-corrected chi connectivity index (χ0v) is 14.8. The van der Waals surface area contributed by atoms with Crippen LogP contribution in [0.1, 0.15) is 27.9 Å². The Bertz CT molecular complexity index is 957. The topological polar surface area (TPSA) is 146 Å². The normalized spacial score (nSPS) is 15.9. The van der Waals surface area contributed by atoms with Crippen molar-refractivity contribution in [3.8, 4) is 0 Å². The maximum atomic E-state index is 12.8. The van der Waals surface area contributed by atoms with Gasteiger partial charge in [-0.1, -0.05) is 30.3 Å². The molecule has 2 amide bonds. The fraction of sp³-hybridized carbons (Fsp3) is 0.158. The molecule has 0 spiro atoms. The maximum absolute atomic E-state index is 12.8. The first-order valence-electron chi connectivity index (χ1n) is 8.51. The minimum Gasteiger partial charge on any atom is -0.481 e. The summed E-state index contributed by atoms with van der Waals surface area (Å²) in [5, 5.41) is 21.0. The molecule has 2 aromatic carbocycles. The minimum absolute atomic E-state index is 0.220. The second-order valence-electron chi connectivity index (χ2n) is 6.17. The van der Waals surface area contributed by atoms with E-state index in [1.807, 2.05) is 0 Å². The number of carboxylic acids is 1. The Morgan fingerprint density at radius 1 is 1.25 bits per heavy atom. The van der Waals surface area contributed by atoms with Crippen molar-refractivity contribution in [3.63, 3.8) is 0 Å². The fourth-order valence-corrected chi connectivity index (χ4v) is 2.97. The molecule has 1 atom stereocenters. The van der Waals surface area contributed by atoms with Crippen molar-refractivity contribution >= 4 is 35.4 Å². The van der Waals surface area contributed by atoms with Crippen LogP contribution < -0.4 is 21.8 Å². The Labute approximate surface area is 160 Å². The van der Waals surface area contributed by atoms with Gasteiger partial charge in [-0.25, -0.2) is 0 Å². The zero-order valence-electron chi connectivity index (χ0n) is 14.8. The molecule has 3 rings (SSSR count). The molecule has 9 heteroatoms. The molecule has 9 nitrogen and oxygen atoms in total. The number of carboxylic acid groups (broad SMARTS) is 1. The van der Waals surface area contributed by atoms with Crippen molar-refractivity contribution in [2.45, 2.75) is 19.0 Å². The zero-order chi connectivity index (χ0) is 20.1. The summed E-state index contributed by atoms with van der Waals surface area (Å²) in [6.07, 6.45) is 0.994. The van der Waals surface area contributed by atoms with E-state index in [0.29, 0.717) is 22.5 Å². The number of hydrogen-bond donors (Lipinski definition) is 5. The van der Waals surface area contributed by atoms with Gasteiger partial charge in [0.15, 0.2) is 0 Å². The Morgan fingerprint density at radius 2 is 2.04 bits per heavy atom. The quantitative estimate of drug-likeness (QED) is 0.298. The van der Waals surface area contributed by atoms with Crippen LogP contribution in [-0.4, -0.2) is 35.1 Å². The van der Waals surface area contributed by atoms with E-state index in [9.17, 15) is 14.4 Å². The third kappa shape index (κ3) is 4.09. The highest BCUT2D eigenvalue weighted by Crippen LogP contribution is 2.30. The van der Waals surface area contributed by atoms with Crippen LogP contribution in [0.15, 0.2) is 47.6 Å². The van der Waals surface area contributed by atoms with E-state index in [1.165, 1.54) is 6.21 Å². The van der Waals surface area contributed by atoms with E-state index in [2.05, 4.69) is 21.1 Å². The molecule has 2 aromatic rings. The number of carbonyl (C=O) groups excluding carboxylic acids is 2. The lowest BCUT2D eigenvalue weighted by Gasteiger charge is -2.18. The molecular formula is C19H19N5O4. The van der Waals surface area contributed by atoms with Crippen molar-refractivity contribution in [1.82, 2.24) is 5.32 Å². The molecule has 0 saturated carbocycles. The van der Waals surface area contributed by atoms with Crippen LogP contribution in [0, 0.1) is 0 Å². The summed E-state index contributed by atoms with van der Waals surface area (Å²) in [4.78, 5) is 36.0. The first-order chi connectivity index (χ1) is 13.5. The van der Waals surface area contributed by atoms with Crippen LogP contribution in [0.25, 0.3) is 0 Å². The number of aliphatic carboxylic acids is 1. The molecule has 28 heavy (non-hydrogen) atoms. The van der Waals surface area contributed by atoms with Crippen LogP contribution in [0.2, 0.25) is 0 Å². The van der Waals surface area contributed by atoms with Gasteiger partial charge in [-0.2, -0.15) is 5.10 Å². The van der Waals surface area contributed by atoms with Gasteiger partial charge in [0.1, 0.15) is 6.04 Å². The summed E-state index contributed by atoms with van der Waals surface area (Å²) in [6, 6.07) is 11.1. The van der Waals surface area contributed by atoms with E-state index < -0.39 is 17.9 Å². The highest BCUT2D eigenvalue weighted by atomic mass is 16.4. The second-order valence-corrected chi connectivity index (χ2v) is 6.17. The number of anilines is 2. The Hall–Kier alpha value is -3.88. The molecule has 1 aliphatic rings. The molecule has 1 heterocycles. The third-order valence-electron chi connectivity index (χ3n) is 4.28. The van der Waals surface area contributed by atoms with E-state index in [0.717, 1.165) is 5.56 Å². The first-order valence-corrected chi connectivity index (χ1v) is 8.51. The first kappa shape index (κ1) is 18.9. The number of fused-ring (bicyclic) bond motifs is 1. The monoisotopic (exact) mass is 381 g/mol. The largest absolute Gasteiger partial charge is 0.481 e. The molecule has 1 unspecified atom stereocenters. The molecule has 0 fully saturated rings. The number of nitrogens with one attached hydrogen (secondary N) is 3. The lowest BCUT2D eigenvalue weighted by molar-refractivity contribution is -0.139. The lowest BCUT2D eigenvalue weighted by atomic mass is 10.1. The predicted octanol–water partition coefficient (Wildman–Crippen LogP) is 1.12. The van der Waals surface area contributed by atoms with E-state index >= 15 is 0 Å². The number of rotatable bonds is 5. The highest BCUT2D eigenvalue weighted by molar-refractivity contribution is 6.10. The number of benzene rings is 2. The lowest BCUT2D eigenvalue weighted by Crippen LogP contribution is -2.38. The van der Waals surface area contributed by atoms with Gasteiger partial charge in [-0.15, -0.1) is 0 Å². The summed E-state index contributed by atoms with van der Waals surface area (Å²) in [5.41, 5.74) is 2.60. The van der Waals surface area contributed by atoms with E-state index in [1.54, 1.807) is 42.5 Å². The second kappa shape index (κ2) is 8.21. The van der Waals surface area contributed by atoms with Crippen molar-refractivity contribution in [2.24, 2.45) is 10.9 Å². The van der Waals surface area contributed by atoms with Crippen LogP contribution in [-0.2, 0) is 16.1 Å². The average Bonchev–Trinajstić information content (AvgIpc) is 2.82. The molecule has 144 valence electrons. The number of nitrogens with two attached hydrogens (primary N) is 1. The molecule has 0 radical (unpaired) electrons. The maximum Gasteiger partial charge on any atom is 0.305 e. The van der Waals surface area contributed by atoms with Crippen molar-refractivity contribution in [1.29, 1.82) is 0 Å². The Balaban J connectivity index is 1.92. The average molecular weight is 381 g/mol. The molecule has 6 N–H and O–H groups in total. The van der Waals surface area contributed by atoms with Gasteiger partial charge in [0.25, 0.3) is 5.91 Å². The van der Waals surface area contributed by atoms with Crippen LogP contribution in [0.5, 0.6) is 0 Å². The molecular weight excluding hydrogens is 362 g/mol. The predicted molar refractivity (Wildman–Crippen MR) is 104 cm³/mol. The van der Waals surface area contributed by atoms with Gasteiger partial charge >= 0.3 is 5.97 Å². The standard InChI is InChI=1S/C19H19N5O4/c20-22-10-11-4-1-2-6-13(11)18(27)24-14-7-3-5-12-9-21-19(28)15(8-16(25)26)23-17(12)14/h1-7,10,15,23H,8-9,20H2,(H,21,28)(H,24,27)(H,25,26). The Morgan fingerprint density at radius 3 is 2.79 bits per heavy atom. The number of hydrazone groups is 1. The van der Waals surface area contributed by atoms with Crippen LogP contribution >= 0.6 is 0 Å². The SMILES string of the molecule is NN=Cc1ccccc1C(=O)Nc1cccc2c1NC(CC(=O)O)C(=O)NC2. The molecule has 1 aliphatic heterocycles. The third-order valence-corrected chi connectivity index (χ3v) is 4.28. The van der Waals surface area contributed by atoms with Crippen molar-refractivity contribution < 1.29 is 19.5 Å². The van der Waals surface area contributed by atoms with Gasteiger partial charge in [0.2, 0.25) is 5.91 Å². The summed E-state index contributed by atoms with van der Waals surface area (Å²) in [6.45, 7) is 0.220. The number of nitrogens with zero attached hydrogens (tertiary/aromatic N) is 1. The van der Waals surface area contributed by atoms with Crippen LogP contribution in [0.3, 0.4) is 0 Å². The van der Waals surface area contributed by atoms with Gasteiger partial charge in [0.05, 0.1) is 24.0 Å². The highest BCUT2D eigenvalue weighted by Gasteiger charge is 2.27. The molecule has 0 bridgehead atoms. The minimum atomic E-state index is -1.10. The number of carbonyl (C=O) groups is 3. The van der Waals surface area contributed by atoms with E-state index in [4.69, 9.17) is 10.9 Å². The van der Waals surface area contributed by atoms with Crippen LogP contribution in [0.4, 0.5) is 11.4 Å². The van der Waals surface area contributed by atoms with Gasteiger partial charge in [-0.3, -0.25) is 14.4 Å². The number of para-hydroxylation sites is 1. The number of hydrogen-bond acceptors (Lipinski definition) is 6. The van der Waals surface area contributed by atoms with Crippen molar-refractivity contribution in [2.75, 3.05) is 10.6 Å². The molecule has 0 aromatic heterocycles. The van der Waals surface area contributed by atoms with E-state index in [-0.39, 0.29) is 18.9 Å². The Kier molecular flexibility index (Phi) is 5.54. The summed E-state index contributed by atoms with van der Waals surface area (Å²) in [5.74, 6) is 3.29. The molecule has 0 saturated heterocycles. The summed E-state index contributed by atoms with van der Waals surface area (Å²) < 4.78 is 0. The number of amides is 2. The fourth-order valence-electron chi connectivity index (χ4n) is 2.97. The van der Waals surface area contributed by atoms with Gasteiger partial charge in [-0.05, 0) is 17.7 Å². The van der Waals surface area contributed by atoms with Crippen molar-refractivity contribution in [3.05, 3.63) is 59.2 Å². The van der Waals surface area contributed by atoms with Gasteiger partial charge < -0.3 is 26.9 Å². The summed E-state index contributed by atoms with van der Waals surface area (Å²) in [7, 11) is 0.